The second kappa shape index (κ2) is 2.88. The van der Waals surface area contributed by atoms with Gasteiger partial charge in [-0.25, -0.2) is 9.97 Å². The van der Waals surface area contributed by atoms with E-state index in [2.05, 4.69) is 32.6 Å². The Morgan fingerprint density at radius 2 is 2.33 bits per heavy atom. The fourth-order valence-corrected chi connectivity index (χ4v) is 2.14. The molecule has 3 nitrogen and oxygen atoms in total. The molecular weight excluding hydrogens is 287 g/mol. The van der Waals surface area contributed by atoms with E-state index in [1.807, 2.05) is 0 Å². The van der Waals surface area contributed by atoms with Crippen LogP contribution in [0, 0.1) is 3.70 Å². The van der Waals surface area contributed by atoms with Crippen LogP contribution in [0.5, 0.6) is 0 Å². The molecular formula is C6H2BClIN3. The maximum atomic E-state index is 5.84. The van der Waals surface area contributed by atoms with Gasteiger partial charge in [-0.05, 0) is 22.6 Å². The van der Waals surface area contributed by atoms with E-state index in [-0.39, 0.29) is 0 Å². The minimum absolute atomic E-state index is 0.422. The zero-order chi connectivity index (χ0) is 8.72. The third-order valence-corrected chi connectivity index (χ3v) is 2.52. The third-order valence-electron chi connectivity index (χ3n) is 1.49. The second-order valence-corrected chi connectivity index (χ2v) is 3.58. The van der Waals surface area contributed by atoms with E-state index in [0.29, 0.717) is 10.9 Å². The molecule has 0 aromatic carbocycles. The van der Waals surface area contributed by atoms with Gasteiger partial charge in [-0.1, -0.05) is 11.6 Å². The molecule has 6 heteroatoms. The highest BCUT2D eigenvalue weighted by atomic mass is 127. The lowest BCUT2D eigenvalue weighted by atomic mass is 10.1. The van der Waals surface area contributed by atoms with Crippen LogP contribution in [0.25, 0.3) is 5.52 Å². The lowest BCUT2D eigenvalue weighted by Gasteiger charge is -1.96. The van der Waals surface area contributed by atoms with E-state index in [0.717, 1.165) is 9.22 Å². The lowest BCUT2D eigenvalue weighted by Crippen LogP contribution is -2.12. The van der Waals surface area contributed by atoms with E-state index < -0.39 is 0 Å². The second-order valence-electron chi connectivity index (χ2n) is 2.20. The van der Waals surface area contributed by atoms with Crippen molar-refractivity contribution in [2.75, 3.05) is 0 Å². The summed E-state index contributed by atoms with van der Waals surface area (Å²) in [6.07, 6.45) is 3.31. The van der Waals surface area contributed by atoms with Crippen LogP contribution < -0.4 is 5.72 Å². The van der Waals surface area contributed by atoms with Gasteiger partial charge in [0.2, 0.25) is 0 Å². The van der Waals surface area contributed by atoms with Crippen molar-refractivity contribution in [2.45, 2.75) is 0 Å². The number of imidazole rings is 1. The highest BCUT2D eigenvalue weighted by molar-refractivity contribution is 14.1. The van der Waals surface area contributed by atoms with Gasteiger partial charge in [0.25, 0.3) is 0 Å². The largest absolute Gasteiger partial charge is 0.308 e. The van der Waals surface area contributed by atoms with Crippen LogP contribution in [0.15, 0.2) is 12.4 Å². The van der Waals surface area contributed by atoms with E-state index in [4.69, 9.17) is 19.4 Å². The van der Waals surface area contributed by atoms with Gasteiger partial charge in [0.15, 0.2) is 13.0 Å². The number of nitrogens with zero attached hydrogens (tertiary/aromatic N) is 3. The van der Waals surface area contributed by atoms with Gasteiger partial charge in [-0.3, -0.25) is 0 Å². The predicted molar refractivity (Wildman–Crippen MR) is 56.1 cm³/mol. The van der Waals surface area contributed by atoms with Crippen molar-refractivity contribution in [3.63, 3.8) is 0 Å². The van der Waals surface area contributed by atoms with E-state index in [9.17, 15) is 0 Å². The molecule has 0 amide bonds. The fourth-order valence-electron chi connectivity index (χ4n) is 0.983. The Bertz CT molecular complexity index is 442. The Labute approximate surface area is 88.7 Å². The monoisotopic (exact) mass is 289 g/mol. The zero-order valence-corrected chi connectivity index (χ0v) is 8.74. The van der Waals surface area contributed by atoms with Gasteiger partial charge in [-0.2, -0.15) is 0 Å². The number of rotatable bonds is 0. The SMILES string of the molecule is [B]c1nc(I)c2c(Cl)nccn12. The van der Waals surface area contributed by atoms with Crippen molar-refractivity contribution in [1.29, 1.82) is 0 Å². The topological polar surface area (TPSA) is 30.2 Å². The Kier molecular flexibility index (Phi) is 2.00. The van der Waals surface area contributed by atoms with Crippen LogP contribution in [-0.4, -0.2) is 22.2 Å². The minimum atomic E-state index is 0.422. The third kappa shape index (κ3) is 1.11. The summed E-state index contributed by atoms with van der Waals surface area (Å²) in [5.41, 5.74) is 1.19. The van der Waals surface area contributed by atoms with Gasteiger partial charge in [0.05, 0.1) is 5.72 Å². The summed E-state index contributed by atoms with van der Waals surface area (Å²) in [6.45, 7) is 0. The maximum Gasteiger partial charge on any atom is 0.168 e. The summed E-state index contributed by atoms with van der Waals surface area (Å²) >= 11 is 7.91. The Balaban J connectivity index is 2.99. The van der Waals surface area contributed by atoms with Crippen LogP contribution in [-0.2, 0) is 0 Å². The molecule has 58 valence electrons. The summed E-state index contributed by atoms with van der Waals surface area (Å²) in [5, 5.41) is 0.422. The summed E-state index contributed by atoms with van der Waals surface area (Å²) in [4.78, 5) is 7.98. The van der Waals surface area contributed by atoms with Crippen LogP contribution in [0.2, 0.25) is 5.15 Å². The smallest absolute Gasteiger partial charge is 0.168 e. The van der Waals surface area contributed by atoms with E-state index in [1.54, 1.807) is 16.8 Å². The molecule has 0 unspecified atom stereocenters. The molecule has 0 aliphatic rings. The number of hydrogen-bond acceptors (Lipinski definition) is 2. The molecule has 0 saturated heterocycles. The van der Waals surface area contributed by atoms with Crippen LogP contribution >= 0.6 is 34.2 Å². The molecule has 2 aromatic heterocycles. The van der Waals surface area contributed by atoms with Crippen molar-refractivity contribution in [2.24, 2.45) is 0 Å². The molecule has 0 fully saturated rings. The highest BCUT2D eigenvalue weighted by Gasteiger charge is 2.08. The molecule has 0 N–H and O–H groups in total. The molecule has 2 rings (SSSR count). The fraction of sp³-hybridized carbons (Fsp3) is 0. The predicted octanol–water partition coefficient (Wildman–Crippen LogP) is 0.781. The quantitative estimate of drug-likeness (QED) is 0.530. The summed E-state index contributed by atoms with van der Waals surface area (Å²) in [6, 6.07) is 0. The first-order valence-electron chi connectivity index (χ1n) is 3.13. The normalized spacial score (nSPS) is 10.8. The summed E-state index contributed by atoms with van der Waals surface area (Å²) < 4.78 is 2.47. The van der Waals surface area contributed by atoms with Crippen molar-refractivity contribution >= 4 is 53.3 Å². The van der Waals surface area contributed by atoms with Crippen molar-refractivity contribution in [3.05, 3.63) is 21.2 Å². The van der Waals surface area contributed by atoms with Gasteiger partial charge < -0.3 is 4.40 Å². The van der Waals surface area contributed by atoms with E-state index in [1.165, 1.54) is 0 Å². The van der Waals surface area contributed by atoms with Crippen LogP contribution in [0.1, 0.15) is 0 Å². The first kappa shape index (κ1) is 8.31. The van der Waals surface area contributed by atoms with E-state index >= 15 is 0 Å². The van der Waals surface area contributed by atoms with Crippen LogP contribution in [0.4, 0.5) is 0 Å². The molecule has 2 aromatic rings. The van der Waals surface area contributed by atoms with Gasteiger partial charge >= 0.3 is 0 Å². The molecule has 0 aliphatic heterocycles. The minimum Gasteiger partial charge on any atom is -0.308 e. The van der Waals surface area contributed by atoms with Gasteiger partial charge in [0.1, 0.15) is 9.22 Å². The lowest BCUT2D eigenvalue weighted by molar-refractivity contribution is 1.16. The van der Waals surface area contributed by atoms with Crippen molar-refractivity contribution in [1.82, 2.24) is 14.4 Å². The molecule has 2 radical (unpaired) electrons. The molecule has 0 aliphatic carbocycles. The van der Waals surface area contributed by atoms with Gasteiger partial charge in [0, 0.05) is 12.4 Å². The van der Waals surface area contributed by atoms with Gasteiger partial charge in [-0.15, -0.1) is 0 Å². The van der Waals surface area contributed by atoms with Crippen LogP contribution in [0.3, 0.4) is 0 Å². The molecule has 0 bridgehead atoms. The average molecular weight is 289 g/mol. The molecule has 12 heavy (non-hydrogen) atoms. The Morgan fingerprint density at radius 1 is 1.58 bits per heavy atom. The van der Waals surface area contributed by atoms with Crippen molar-refractivity contribution < 1.29 is 0 Å². The highest BCUT2D eigenvalue weighted by Crippen LogP contribution is 2.17. The number of halogens is 2. The molecule has 2 heterocycles. The first-order valence-corrected chi connectivity index (χ1v) is 4.59. The Hall–Kier alpha value is -0.295. The standard InChI is InChI=1S/C6H2BClIN3/c7-6-11-5(9)3-4(8)10-1-2-12(3)6/h1-2H. The number of hydrogen-bond donors (Lipinski definition) is 0. The molecule has 0 spiro atoms. The summed E-state index contributed by atoms with van der Waals surface area (Å²) in [7, 11) is 5.61. The number of aromatic nitrogens is 3. The summed E-state index contributed by atoms with van der Waals surface area (Å²) in [5.74, 6) is 0. The first-order chi connectivity index (χ1) is 5.70. The average Bonchev–Trinajstić information content (AvgIpc) is 2.29. The molecule has 0 atom stereocenters. The number of fused-ring (bicyclic) bond motifs is 1. The molecule has 0 saturated carbocycles. The van der Waals surface area contributed by atoms with Crippen molar-refractivity contribution in [3.8, 4) is 0 Å². The zero-order valence-electron chi connectivity index (χ0n) is 5.83. The Morgan fingerprint density at radius 3 is 3.00 bits per heavy atom. The maximum absolute atomic E-state index is 5.84.